The van der Waals surface area contributed by atoms with Crippen molar-refractivity contribution in [3.05, 3.63) is 82.3 Å². The molecule has 2 fully saturated rings. The first kappa shape index (κ1) is 27.9. The number of unbranched alkanes of at least 4 members (excludes halogenated alkanes) is 1. The van der Waals surface area contributed by atoms with Gasteiger partial charge in [-0.3, -0.25) is 10.1 Å². The van der Waals surface area contributed by atoms with Crippen LogP contribution in [0.3, 0.4) is 0 Å². The molecule has 1 unspecified atom stereocenters. The van der Waals surface area contributed by atoms with Crippen LogP contribution in [-0.2, 0) is 10.3 Å². The number of hydrogen-bond acceptors (Lipinski definition) is 8. The summed E-state index contributed by atoms with van der Waals surface area (Å²) in [6.07, 6.45) is 5.68. The molecule has 0 aromatic heterocycles. The lowest BCUT2D eigenvalue weighted by molar-refractivity contribution is -0.405. The topological polar surface area (TPSA) is 114 Å². The van der Waals surface area contributed by atoms with Gasteiger partial charge in [-0.2, -0.15) is 0 Å². The third-order valence-corrected chi connectivity index (χ3v) is 7.67. The number of ether oxygens (including phenoxy) is 2. The highest BCUT2D eigenvalue weighted by Crippen LogP contribution is 2.45. The summed E-state index contributed by atoms with van der Waals surface area (Å²) in [6, 6.07) is 17.2. The number of nitrogens with zero attached hydrogens (tertiary/aromatic N) is 3. The first-order chi connectivity index (χ1) is 18.4. The van der Waals surface area contributed by atoms with Crippen LogP contribution in [0.2, 0.25) is 0 Å². The molecule has 2 saturated heterocycles. The fourth-order valence-corrected chi connectivity index (χ4v) is 5.76. The zero-order valence-corrected chi connectivity index (χ0v) is 22.2. The number of likely N-dealkylation sites (tertiary alicyclic amines) is 2. The maximum Gasteiger partial charge on any atom is 0.274 e. The van der Waals surface area contributed by atoms with E-state index in [0.717, 1.165) is 43.9 Å². The van der Waals surface area contributed by atoms with E-state index >= 15 is 0 Å². The Kier molecular flexibility index (Phi) is 9.60. The Bertz CT molecular complexity index is 1080. The molecule has 0 spiro atoms. The summed E-state index contributed by atoms with van der Waals surface area (Å²) in [6.45, 7) is 3.11. The van der Waals surface area contributed by atoms with E-state index in [2.05, 4.69) is 4.90 Å². The van der Waals surface area contributed by atoms with E-state index in [1.54, 1.807) is 7.11 Å². The number of methoxy groups -OCH3 is 1. The van der Waals surface area contributed by atoms with Crippen molar-refractivity contribution in [3.63, 3.8) is 0 Å². The Labute approximate surface area is 225 Å². The lowest BCUT2D eigenvalue weighted by Gasteiger charge is -2.45. The van der Waals surface area contributed by atoms with Crippen molar-refractivity contribution in [1.82, 2.24) is 9.80 Å². The van der Waals surface area contributed by atoms with Gasteiger partial charge < -0.3 is 30.1 Å². The van der Waals surface area contributed by atoms with Crippen molar-refractivity contribution in [2.24, 2.45) is 11.7 Å². The van der Waals surface area contributed by atoms with Crippen LogP contribution in [0.5, 0.6) is 11.5 Å². The van der Waals surface area contributed by atoms with Gasteiger partial charge in [-0.05, 0) is 56.7 Å². The van der Waals surface area contributed by atoms with Gasteiger partial charge in [-0.1, -0.05) is 36.4 Å². The highest BCUT2D eigenvalue weighted by atomic mass is 16.6. The molecule has 3 N–H and O–H groups in total. The van der Waals surface area contributed by atoms with E-state index < -0.39 is 5.60 Å². The van der Waals surface area contributed by atoms with Gasteiger partial charge in [-0.15, -0.1) is 0 Å². The number of nitrogens with two attached hydrogens (primary N) is 1. The summed E-state index contributed by atoms with van der Waals surface area (Å²) in [5, 5.41) is 24.1. The number of nitro groups is 1. The zero-order chi connectivity index (χ0) is 27.0. The maximum atomic E-state index is 12.5. The van der Waals surface area contributed by atoms with Crippen LogP contribution >= 0.6 is 0 Å². The molecule has 2 aromatic carbocycles. The first-order valence-corrected chi connectivity index (χ1v) is 13.5. The summed E-state index contributed by atoms with van der Waals surface area (Å²) in [5.74, 6) is 1.76. The van der Waals surface area contributed by atoms with Crippen molar-refractivity contribution in [2.45, 2.75) is 50.2 Å². The van der Waals surface area contributed by atoms with Crippen LogP contribution in [0.15, 0.2) is 66.6 Å². The van der Waals surface area contributed by atoms with E-state index in [1.165, 1.54) is 0 Å². The Balaban J connectivity index is 1.65. The minimum atomic E-state index is -1.18. The number of hydrogen-bond donors (Lipinski definition) is 2. The van der Waals surface area contributed by atoms with E-state index in [-0.39, 0.29) is 16.9 Å². The quantitative estimate of drug-likeness (QED) is 0.240. The van der Waals surface area contributed by atoms with Crippen molar-refractivity contribution >= 4 is 0 Å². The first-order valence-electron chi connectivity index (χ1n) is 13.5. The van der Waals surface area contributed by atoms with Gasteiger partial charge in [-0.25, -0.2) is 0 Å². The van der Waals surface area contributed by atoms with Crippen molar-refractivity contribution in [3.8, 4) is 11.5 Å². The number of benzene rings is 2. The van der Waals surface area contributed by atoms with E-state index in [9.17, 15) is 15.2 Å². The second-order valence-electron chi connectivity index (χ2n) is 10.3. The summed E-state index contributed by atoms with van der Waals surface area (Å²) in [4.78, 5) is 15.3. The molecule has 0 radical (unpaired) electrons. The minimum Gasteiger partial charge on any atom is -0.457 e. The van der Waals surface area contributed by atoms with E-state index in [1.807, 2.05) is 59.5 Å². The summed E-state index contributed by atoms with van der Waals surface area (Å²) < 4.78 is 11.5. The van der Waals surface area contributed by atoms with Gasteiger partial charge in [0.1, 0.15) is 11.5 Å². The normalized spacial score (nSPS) is 21.8. The van der Waals surface area contributed by atoms with Crippen LogP contribution in [0.1, 0.15) is 44.1 Å². The van der Waals surface area contributed by atoms with E-state index in [0.29, 0.717) is 56.5 Å². The molecule has 2 aliphatic rings. The molecule has 0 aliphatic carbocycles. The zero-order valence-electron chi connectivity index (χ0n) is 22.2. The van der Waals surface area contributed by atoms with Crippen LogP contribution < -0.4 is 10.5 Å². The molecule has 4 rings (SSSR count). The highest BCUT2D eigenvalue weighted by molar-refractivity contribution is 5.42. The number of para-hydroxylation sites is 2. The molecule has 206 valence electrons. The lowest BCUT2D eigenvalue weighted by Crippen LogP contribution is -2.48. The molecule has 3 atom stereocenters. The largest absolute Gasteiger partial charge is 0.457 e. The van der Waals surface area contributed by atoms with Gasteiger partial charge >= 0.3 is 0 Å². The second-order valence-corrected chi connectivity index (χ2v) is 10.3. The molecule has 2 heterocycles. The number of rotatable bonds is 12. The molecule has 0 saturated carbocycles. The maximum absolute atomic E-state index is 12.5. The monoisotopic (exact) mass is 524 g/mol. The van der Waals surface area contributed by atoms with Crippen LogP contribution in [-0.4, -0.2) is 65.8 Å². The fraction of sp³-hybridized carbons (Fsp3) is 0.517. The molecular weight excluding hydrogens is 484 g/mol. The van der Waals surface area contributed by atoms with Crippen molar-refractivity contribution < 1.29 is 19.5 Å². The van der Waals surface area contributed by atoms with Crippen LogP contribution in [0, 0.1) is 16.0 Å². The van der Waals surface area contributed by atoms with Gasteiger partial charge in [0.25, 0.3) is 6.20 Å². The van der Waals surface area contributed by atoms with E-state index in [4.69, 9.17) is 15.2 Å². The average molecular weight is 525 g/mol. The van der Waals surface area contributed by atoms with Gasteiger partial charge in [0.2, 0.25) is 0 Å². The predicted molar refractivity (Wildman–Crippen MR) is 146 cm³/mol. The molecule has 2 aromatic rings. The average Bonchev–Trinajstić information content (AvgIpc) is 3.36. The molecule has 9 heteroatoms. The molecule has 9 nitrogen and oxygen atoms in total. The molecule has 0 amide bonds. The van der Waals surface area contributed by atoms with Crippen LogP contribution in [0.25, 0.3) is 0 Å². The van der Waals surface area contributed by atoms with Gasteiger partial charge in [0.05, 0.1) is 10.5 Å². The minimum absolute atomic E-state index is 0.00507. The highest BCUT2D eigenvalue weighted by Gasteiger charge is 2.43. The molecule has 38 heavy (non-hydrogen) atoms. The Morgan fingerprint density at radius 1 is 1.11 bits per heavy atom. The standard InChI is InChI=1S/C29H40N4O5/c1-37-19-8-7-16-29(34,26-13-5-6-14-27(26)38-25-11-3-2-4-12-25)23-10-9-17-31(20-23)28(22-33(35)36)32-18-15-24(30)21-32/h2-6,11-14,22-24,34H,7-10,15-21,30H2,1H3/t23-,24?,29+/m1/s1. The molecular formula is C29H40N4O5. The Morgan fingerprint density at radius 2 is 1.84 bits per heavy atom. The second kappa shape index (κ2) is 13.1. The number of piperidine rings is 1. The van der Waals surface area contributed by atoms with Gasteiger partial charge in [0, 0.05) is 57.4 Å². The molecule has 2 aliphatic heterocycles. The SMILES string of the molecule is COCCCC[C@@](O)(c1ccccc1Oc1ccccc1)[C@@H]1CCCN(C(=C[N+](=O)[O-])N2CCC(N)C2)C1. The summed E-state index contributed by atoms with van der Waals surface area (Å²) in [7, 11) is 1.68. The summed E-state index contributed by atoms with van der Waals surface area (Å²) in [5.41, 5.74) is 5.70. The van der Waals surface area contributed by atoms with Crippen molar-refractivity contribution in [1.29, 1.82) is 0 Å². The molecule has 0 bridgehead atoms. The van der Waals surface area contributed by atoms with Crippen LogP contribution in [0.4, 0.5) is 0 Å². The third kappa shape index (κ3) is 6.83. The number of aliphatic hydroxyl groups is 1. The van der Waals surface area contributed by atoms with Crippen molar-refractivity contribution in [2.75, 3.05) is 39.9 Å². The fourth-order valence-electron chi connectivity index (χ4n) is 5.76. The predicted octanol–water partition coefficient (Wildman–Crippen LogP) is 4.30. The van der Waals surface area contributed by atoms with Gasteiger partial charge in [0.15, 0.2) is 5.82 Å². The Hall–Kier alpha value is -3.14. The Morgan fingerprint density at radius 3 is 2.55 bits per heavy atom. The summed E-state index contributed by atoms with van der Waals surface area (Å²) >= 11 is 0. The third-order valence-electron chi connectivity index (χ3n) is 7.67. The lowest BCUT2D eigenvalue weighted by atomic mass is 9.73. The smallest absolute Gasteiger partial charge is 0.274 e.